The van der Waals surface area contributed by atoms with Crippen LogP contribution in [0.5, 0.6) is 0 Å². The average molecular weight is 733 g/mol. The summed E-state index contributed by atoms with van der Waals surface area (Å²) in [6, 6.07) is 8.96. The van der Waals surface area contributed by atoms with Crippen molar-refractivity contribution in [3.63, 3.8) is 0 Å². The van der Waals surface area contributed by atoms with Crippen molar-refractivity contribution in [2.75, 3.05) is 0 Å². The predicted molar refractivity (Wildman–Crippen MR) is 151 cm³/mol. The number of non-ortho nitro benzene ring substituents is 2. The van der Waals surface area contributed by atoms with Gasteiger partial charge in [-0.1, -0.05) is 7.43 Å². The first-order valence-corrected chi connectivity index (χ1v) is 17.3. The molecule has 22 nitrogen and oxygen atoms in total. The zero-order chi connectivity index (χ0) is 34.1. The van der Waals surface area contributed by atoms with Crippen LogP contribution in [0.2, 0.25) is 0 Å². The molecule has 0 bridgehead atoms. The normalized spacial score (nSPS) is 11.6. The minimum atomic E-state index is -5.30. The summed E-state index contributed by atoms with van der Waals surface area (Å²) < 4.78 is 42.1. The molecular formula is C17H25ClN4O18P4. The number of hydrogen-bond donors (Lipinski definition) is 10. The maximum atomic E-state index is 11.7. The topological polar surface area (TPSA) is 389 Å². The zero-order valence-electron chi connectivity index (χ0n) is 20.6. The first kappa shape index (κ1) is 43.4. The van der Waals surface area contributed by atoms with E-state index in [0.717, 1.165) is 24.3 Å². The number of nitro groups is 2. The van der Waals surface area contributed by atoms with E-state index >= 15 is 0 Å². The summed E-state index contributed by atoms with van der Waals surface area (Å²) in [4.78, 5) is 109. The van der Waals surface area contributed by atoms with Crippen molar-refractivity contribution in [2.45, 2.75) is 18.5 Å². The van der Waals surface area contributed by atoms with Gasteiger partial charge in [-0.3, -0.25) is 48.1 Å². The number of nitrogens with zero attached hydrogens (tertiary/aromatic N) is 2. The van der Waals surface area contributed by atoms with Gasteiger partial charge in [0, 0.05) is 35.4 Å². The summed E-state index contributed by atoms with van der Waals surface area (Å²) in [6.45, 7) is 0. The lowest BCUT2D eigenvalue weighted by Crippen LogP contribution is -2.34. The molecule has 2 aromatic rings. The zero-order valence-corrected chi connectivity index (χ0v) is 24.9. The van der Waals surface area contributed by atoms with Crippen molar-refractivity contribution in [3.8, 4) is 0 Å². The fraction of sp³-hybridized carbons (Fsp3) is 0.176. The molecule has 2 rings (SSSR count). The van der Waals surface area contributed by atoms with Gasteiger partial charge in [0.2, 0.25) is 11.0 Å². The molecule has 2 aromatic carbocycles. The van der Waals surface area contributed by atoms with E-state index in [2.05, 4.69) is 5.73 Å². The second kappa shape index (κ2) is 17.1. The van der Waals surface area contributed by atoms with Crippen LogP contribution < -0.4 is 11.1 Å². The van der Waals surface area contributed by atoms with E-state index in [0.29, 0.717) is 0 Å². The first-order chi connectivity index (χ1) is 19.2. The number of amides is 1. The molecule has 1 amide bonds. The SMILES string of the molecule is C.NC(P(=O)(O)O)P(=O)(O)O.O=C(Cl)c1ccc([N+](=O)[O-])cc1.O=C(NC(P(=O)(O)O)P(=O)(O)O)c1ccc([N+](=O)[O-])cc1. The molecule has 27 heteroatoms. The average Bonchev–Trinajstić information content (AvgIpc) is 2.85. The molecule has 0 saturated carbocycles. The van der Waals surface area contributed by atoms with Crippen LogP contribution in [-0.2, 0) is 18.3 Å². The molecular weight excluding hydrogens is 708 g/mol. The van der Waals surface area contributed by atoms with Crippen molar-refractivity contribution in [1.29, 1.82) is 0 Å². The van der Waals surface area contributed by atoms with Crippen molar-refractivity contribution < 1.29 is 76.8 Å². The molecule has 0 aromatic heterocycles. The van der Waals surface area contributed by atoms with Crippen LogP contribution in [0.25, 0.3) is 0 Å². The number of nitro benzene ring substituents is 2. The molecule has 0 fully saturated rings. The summed E-state index contributed by atoms with van der Waals surface area (Å²) in [7, 11) is -20.3. The number of nitrogens with one attached hydrogen (secondary N) is 1. The van der Waals surface area contributed by atoms with E-state index in [9.17, 15) is 48.1 Å². The molecule has 0 spiro atoms. The summed E-state index contributed by atoms with van der Waals surface area (Å²) in [5.74, 6) is -1.19. The van der Waals surface area contributed by atoms with Gasteiger partial charge in [-0.15, -0.1) is 0 Å². The monoisotopic (exact) mass is 732 g/mol. The Kier molecular flexibility index (Phi) is 16.8. The third-order valence-corrected chi connectivity index (χ3v) is 11.0. The quantitative estimate of drug-likeness (QED) is 0.0747. The van der Waals surface area contributed by atoms with Gasteiger partial charge in [0.1, 0.15) is 0 Å². The van der Waals surface area contributed by atoms with E-state index in [1.54, 1.807) is 0 Å². The smallest absolute Gasteiger partial charge is 0.328 e. The minimum absolute atomic E-state index is 0. The van der Waals surface area contributed by atoms with Crippen LogP contribution in [0.4, 0.5) is 11.4 Å². The molecule has 0 unspecified atom stereocenters. The Morgan fingerprint density at radius 1 is 0.682 bits per heavy atom. The number of hydrogen-bond acceptors (Lipinski definition) is 11. The maximum Gasteiger partial charge on any atom is 0.360 e. The largest absolute Gasteiger partial charge is 0.360 e. The van der Waals surface area contributed by atoms with Crippen LogP contribution in [0.1, 0.15) is 28.1 Å². The van der Waals surface area contributed by atoms with Gasteiger partial charge in [-0.25, -0.2) is 0 Å². The van der Waals surface area contributed by atoms with Crippen molar-refractivity contribution in [3.05, 3.63) is 79.9 Å². The Hall–Kier alpha value is -2.77. The highest BCUT2D eigenvalue weighted by Crippen LogP contribution is 2.58. The standard InChI is InChI=1S/C8H10N2O9P2.C7H4ClNO3.CH7NO6P2.CH4/c11-7(5-1-3-6(4-2-5)10(12)13)9-8(20(14,15)16)21(17,18)19;8-7(10)5-1-3-6(4-2-5)9(11)12;2-1(9(3,4)5)10(6,7)8;/h1-4,8H,(H,9,11)(H2,14,15,16)(H2,17,18,19);1-4H;1H,2H2,(H2,3,4,5)(H2,6,7,8);1H4. The second-order valence-electron chi connectivity index (χ2n) is 7.50. The van der Waals surface area contributed by atoms with E-state index in [1.165, 1.54) is 29.6 Å². The van der Waals surface area contributed by atoms with Crippen LogP contribution in [-0.4, -0.2) is 71.2 Å². The summed E-state index contributed by atoms with van der Waals surface area (Å²) in [5.41, 5.74) is -0.978. The first-order valence-electron chi connectivity index (χ1n) is 10.2. The summed E-state index contributed by atoms with van der Waals surface area (Å²) in [6.07, 6.45) is 0. The molecule has 11 N–H and O–H groups in total. The number of benzene rings is 2. The van der Waals surface area contributed by atoms with Gasteiger partial charge in [0.15, 0.2) is 0 Å². The van der Waals surface area contributed by atoms with E-state index in [4.69, 9.17) is 50.7 Å². The Morgan fingerprint density at radius 2 is 0.977 bits per heavy atom. The Labute approximate surface area is 250 Å². The van der Waals surface area contributed by atoms with Crippen molar-refractivity contribution in [2.24, 2.45) is 5.73 Å². The molecule has 0 aliphatic carbocycles. The molecule has 0 radical (unpaired) electrons. The fourth-order valence-corrected chi connectivity index (χ4v) is 6.04. The van der Waals surface area contributed by atoms with E-state index in [-0.39, 0.29) is 29.9 Å². The van der Waals surface area contributed by atoms with Gasteiger partial charge in [-0.05, 0) is 35.9 Å². The molecule has 0 aliphatic rings. The molecule has 248 valence electrons. The predicted octanol–water partition coefficient (Wildman–Crippen LogP) is 1.16. The second-order valence-corrected chi connectivity index (χ2v) is 15.5. The number of carbonyl (C=O) groups excluding carboxylic acids is 2. The lowest BCUT2D eigenvalue weighted by molar-refractivity contribution is -0.385. The van der Waals surface area contributed by atoms with Crippen LogP contribution in [0.3, 0.4) is 0 Å². The molecule has 0 saturated heterocycles. The highest BCUT2D eigenvalue weighted by molar-refractivity contribution is 7.71. The van der Waals surface area contributed by atoms with Crippen molar-refractivity contribution >= 4 is 64.5 Å². The van der Waals surface area contributed by atoms with Gasteiger partial charge in [0.05, 0.1) is 9.85 Å². The maximum absolute atomic E-state index is 11.7. The lowest BCUT2D eigenvalue weighted by Gasteiger charge is -2.20. The van der Waals surface area contributed by atoms with Gasteiger partial charge in [-0.2, -0.15) is 0 Å². The van der Waals surface area contributed by atoms with Crippen molar-refractivity contribution in [1.82, 2.24) is 5.32 Å². The summed E-state index contributed by atoms with van der Waals surface area (Å²) in [5, 5.41) is 21.5. The van der Waals surface area contributed by atoms with Gasteiger partial charge >= 0.3 is 30.4 Å². The number of nitrogens with two attached hydrogens (primary N) is 1. The van der Waals surface area contributed by atoms with Crippen LogP contribution in [0, 0.1) is 20.2 Å². The van der Waals surface area contributed by atoms with Gasteiger partial charge in [0.25, 0.3) is 22.5 Å². The van der Waals surface area contributed by atoms with Crippen LogP contribution in [0.15, 0.2) is 48.5 Å². The Balaban J connectivity index is 0. The van der Waals surface area contributed by atoms with E-state index in [1.807, 2.05) is 0 Å². The molecule has 0 aliphatic heterocycles. The van der Waals surface area contributed by atoms with Gasteiger partial charge < -0.3 is 50.2 Å². The number of rotatable bonds is 9. The van der Waals surface area contributed by atoms with Crippen LogP contribution >= 0.6 is 42.0 Å². The third-order valence-electron chi connectivity index (χ3n) is 4.23. The molecule has 0 heterocycles. The number of carbonyl (C=O) groups is 2. The Morgan fingerprint density at radius 3 is 1.18 bits per heavy atom. The summed E-state index contributed by atoms with van der Waals surface area (Å²) >= 11 is 5.13. The Bertz CT molecular complexity index is 1440. The lowest BCUT2D eigenvalue weighted by atomic mass is 10.2. The third kappa shape index (κ3) is 15.3. The fourth-order valence-electron chi connectivity index (χ4n) is 2.21. The highest BCUT2D eigenvalue weighted by Gasteiger charge is 2.44. The van der Waals surface area contributed by atoms with E-state index < -0.39 is 62.4 Å². The minimum Gasteiger partial charge on any atom is -0.328 e. The highest BCUT2D eigenvalue weighted by atomic mass is 35.5. The molecule has 44 heavy (non-hydrogen) atoms. The molecule has 0 atom stereocenters. The number of halogens is 1.